The van der Waals surface area contributed by atoms with Gasteiger partial charge in [-0.15, -0.1) is 12.8 Å². The van der Waals surface area contributed by atoms with Gasteiger partial charge in [-0.2, -0.15) is 0 Å². The van der Waals surface area contributed by atoms with E-state index >= 15 is 0 Å². The molecule has 2 rings (SSSR count). The summed E-state index contributed by atoms with van der Waals surface area (Å²) in [4.78, 5) is 28.9. The van der Waals surface area contributed by atoms with Crippen LogP contribution in [-0.2, 0) is 16.2 Å². The first-order chi connectivity index (χ1) is 10.9. The lowest BCUT2D eigenvalue weighted by Gasteiger charge is -2.27. The van der Waals surface area contributed by atoms with Gasteiger partial charge in [-0.3, -0.25) is 10.5 Å². The van der Waals surface area contributed by atoms with Crippen molar-refractivity contribution in [1.29, 1.82) is 0 Å². The normalized spacial score (nSPS) is 14.0. The topological polar surface area (TPSA) is 121 Å². The highest BCUT2D eigenvalue weighted by Gasteiger charge is 2.33. The number of fused-ring (bicyclic) bond motifs is 1. The molecule has 0 aliphatic carbocycles. The third-order valence-corrected chi connectivity index (χ3v) is 2.98. The average molecular weight is 338 g/mol. The summed E-state index contributed by atoms with van der Waals surface area (Å²) in [6.07, 6.45) is 8.00. The molecule has 2 N–H and O–H groups in total. The van der Waals surface area contributed by atoms with Gasteiger partial charge in [0.1, 0.15) is 12.1 Å². The van der Waals surface area contributed by atoms with E-state index in [4.69, 9.17) is 32.5 Å². The minimum absolute atomic E-state index is 0.108. The Bertz CT molecular complexity index is 626. The quantitative estimate of drug-likeness (QED) is 0.226. The number of carbonyl (C=O) groups excluding carboxylic acids is 2. The van der Waals surface area contributed by atoms with Gasteiger partial charge in [0.25, 0.3) is 5.91 Å². The fraction of sp³-hybridized carbons (Fsp3) is 0.286. The van der Waals surface area contributed by atoms with Crippen LogP contribution in [0.2, 0.25) is 5.02 Å². The van der Waals surface area contributed by atoms with Crippen molar-refractivity contribution < 1.29 is 14.4 Å². The van der Waals surface area contributed by atoms with Crippen LogP contribution in [0, 0.1) is 12.8 Å². The molecule has 0 spiro atoms. The summed E-state index contributed by atoms with van der Waals surface area (Å²) in [5.41, 5.74) is 14.2. The minimum atomic E-state index is -1.24. The molecule has 1 aliphatic rings. The molecule has 1 aromatic carbocycles. The van der Waals surface area contributed by atoms with Gasteiger partial charge in [-0.1, -0.05) is 17.7 Å². The fourth-order valence-electron chi connectivity index (χ4n) is 1.98. The van der Waals surface area contributed by atoms with E-state index in [1.807, 2.05) is 6.79 Å². The number of benzene rings is 1. The van der Waals surface area contributed by atoms with Crippen molar-refractivity contribution in [3.8, 4) is 12.8 Å². The van der Waals surface area contributed by atoms with Crippen LogP contribution in [-0.4, -0.2) is 29.9 Å². The first-order valence-electron chi connectivity index (χ1n) is 6.14. The Kier molecular flexibility index (Phi) is 8.23. The Morgan fingerprint density at radius 3 is 2.74 bits per heavy atom. The molecule has 122 valence electrons. The third-order valence-electron chi connectivity index (χ3n) is 2.74. The number of hydrogen-bond acceptors (Lipinski definition) is 5. The molecule has 0 aromatic heterocycles. The number of azide groups is 1. The van der Waals surface area contributed by atoms with Crippen molar-refractivity contribution in [2.24, 2.45) is 11.0 Å². The predicted octanol–water partition coefficient (Wildman–Crippen LogP) is 2.28. The summed E-state index contributed by atoms with van der Waals surface area (Å²) in [5, 5.41) is 3.48. The molecule has 8 nitrogen and oxygen atoms in total. The lowest BCUT2D eigenvalue weighted by Crippen LogP contribution is -2.49. The zero-order chi connectivity index (χ0) is 18.0. The summed E-state index contributed by atoms with van der Waals surface area (Å²) in [6, 6.07) is 5.16. The van der Waals surface area contributed by atoms with Crippen LogP contribution in [0.4, 0.5) is 0 Å². The number of hydrogen-bond donors (Lipinski definition) is 1. The van der Waals surface area contributed by atoms with Crippen LogP contribution in [0.3, 0.4) is 0 Å². The van der Waals surface area contributed by atoms with Crippen LogP contribution in [0.5, 0.6) is 0 Å². The Morgan fingerprint density at radius 2 is 2.17 bits per heavy atom. The zero-order valence-corrected chi connectivity index (χ0v) is 13.2. The molecule has 0 bridgehead atoms. The first kappa shape index (κ1) is 20.3. The third kappa shape index (κ3) is 5.52. The molecule has 0 saturated heterocycles. The molecule has 9 heteroatoms. The van der Waals surface area contributed by atoms with Crippen molar-refractivity contribution >= 4 is 24.3 Å². The summed E-state index contributed by atoms with van der Waals surface area (Å²) in [5.74, 6) is -0.168. The van der Waals surface area contributed by atoms with Gasteiger partial charge in [0.15, 0.2) is 5.72 Å². The first-order valence-corrected chi connectivity index (χ1v) is 6.52. The van der Waals surface area contributed by atoms with Crippen LogP contribution >= 0.6 is 11.6 Å². The molecule has 1 heterocycles. The second-order valence-electron chi connectivity index (χ2n) is 4.54. The van der Waals surface area contributed by atoms with Gasteiger partial charge in [0.05, 0.1) is 6.54 Å². The molecule has 23 heavy (non-hydrogen) atoms. The number of carbonyl (C=O) groups is 2. The molecular weight excluding hydrogens is 322 g/mol. The molecule has 1 amide bonds. The van der Waals surface area contributed by atoms with Gasteiger partial charge in [-0.25, -0.2) is 0 Å². The van der Waals surface area contributed by atoms with E-state index in [9.17, 15) is 4.79 Å². The molecule has 1 unspecified atom stereocenters. The van der Waals surface area contributed by atoms with E-state index in [1.54, 1.807) is 18.2 Å². The monoisotopic (exact) mass is 337 g/mol. The minimum Gasteiger partial charge on any atom is -0.409 e. The number of rotatable bonds is 4. The molecule has 1 atom stereocenters. The van der Waals surface area contributed by atoms with Crippen molar-refractivity contribution in [2.45, 2.75) is 19.2 Å². The number of halogens is 1. The maximum absolute atomic E-state index is 12.2. The number of nitrogens with zero attached hydrogens (tertiary/aromatic N) is 4. The van der Waals surface area contributed by atoms with E-state index in [0.717, 1.165) is 5.56 Å². The highest BCUT2D eigenvalue weighted by atomic mass is 35.5. The molecule has 0 radical (unpaired) electrons. The number of amides is 1. The molecule has 0 fully saturated rings. The van der Waals surface area contributed by atoms with Crippen molar-refractivity contribution in [2.75, 3.05) is 6.54 Å². The largest absolute Gasteiger partial charge is 0.409 e. The highest BCUT2D eigenvalue weighted by molar-refractivity contribution is 6.31. The number of nitrogens with two attached hydrogens (primary N) is 1. The van der Waals surface area contributed by atoms with E-state index in [2.05, 4.69) is 23.0 Å². The average Bonchev–Trinajstić information content (AvgIpc) is 2.85. The summed E-state index contributed by atoms with van der Waals surface area (Å²) < 4.78 is 0. The molecule has 0 saturated carbocycles. The van der Waals surface area contributed by atoms with Gasteiger partial charge < -0.3 is 14.5 Å². The Labute approximate surface area is 138 Å². The van der Waals surface area contributed by atoms with Crippen LogP contribution in [0.25, 0.3) is 10.4 Å². The zero-order valence-electron chi connectivity index (χ0n) is 12.5. The Hall–Kier alpha value is -2.72. The van der Waals surface area contributed by atoms with Gasteiger partial charge in [0.2, 0.25) is 0 Å². The van der Waals surface area contributed by atoms with Crippen LogP contribution in [0.15, 0.2) is 23.5 Å². The molecular formula is C14H16ClN5O3. The Balaban J connectivity index is 0.00000112. The van der Waals surface area contributed by atoms with Crippen molar-refractivity contribution in [3.05, 3.63) is 44.8 Å². The van der Waals surface area contributed by atoms with Gasteiger partial charge in [-0.05, 0) is 30.2 Å². The van der Waals surface area contributed by atoms with E-state index in [-0.39, 0.29) is 12.5 Å². The summed E-state index contributed by atoms with van der Waals surface area (Å²) in [6.45, 7) is 4.07. The van der Waals surface area contributed by atoms with E-state index in [1.165, 1.54) is 11.8 Å². The lowest BCUT2D eigenvalue weighted by atomic mass is 10.1. The summed E-state index contributed by atoms with van der Waals surface area (Å²) >= 11 is 5.86. The molecule has 1 aromatic rings. The van der Waals surface area contributed by atoms with Crippen LogP contribution < -0.4 is 5.73 Å². The van der Waals surface area contributed by atoms with Crippen molar-refractivity contribution in [3.63, 3.8) is 0 Å². The van der Waals surface area contributed by atoms with E-state index < -0.39 is 5.72 Å². The Morgan fingerprint density at radius 1 is 1.57 bits per heavy atom. The highest BCUT2D eigenvalue weighted by Crippen LogP contribution is 2.26. The maximum atomic E-state index is 12.2. The standard InChI is InChI=1S/C11H12ClN5O2.C2H2.CH2O/c1-11(13,19-16-15-14)6-17-5-7-2-3-8(12)4-9(7)10(17)18;2*1-2/h2-4H,5-6,13H2,1H3;1-2H;1H2. The SMILES string of the molecule is C#C.C=O.CC(N)(CN1Cc2ccc(Cl)cc2C1=O)ON=[N+]=[N-]. The van der Waals surface area contributed by atoms with Gasteiger partial charge >= 0.3 is 0 Å². The maximum Gasteiger partial charge on any atom is 0.254 e. The fourth-order valence-corrected chi connectivity index (χ4v) is 2.15. The lowest BCUT2D eigenvalue weighted by molar-refractivity contribution is -0.0980. The summed E-state index contributed by atoms with van der Waals surface area (Å²) in [7, 11) is 0. The smallest absolute Gasteiger partial charge is 0.254 e. The number of terminal acetylenes is 1. The van der Waals surface area contributed by atoms with Crippen molar-refractivity contribution in [1.82, 2.24) is 4.90 Å². The van der Waals surface area contributed by atoms with E-state index in [0.29, 0.717) is 17.1 Å². The van der Waals surface area contributed by atoms with Crippen LogP contribution in [0.1, 0.15) is 22.8 Å². The second-order valence-corrected chi connectivity index (χ2v) is 4.97. The molecule has 1 aliphatic heterocycles. The van der Waals surface area contributed by atoms with Gasteiger partial charge in [0, 0.05) is 22.0 Å². The predicted molar refractivity (Wildman–Crippen MR) is 86.0 cm³/mol. The second kappa shape index (κ2) is 9.33.